The number of carboxylic acids is 2. The molecule has 4 N–H and O–H groups in total. The highest BCUT2D eigenvalue weighted by Crippen LogP contribution is 2.23. The monoisotopic (exact) mass is 364 g/mol. The Morgan fingerprint density at radius 2 is 1.62 bits per heavy atom. The van der Waals surface area contributed by atoms with Crippen LogP contribution < -0.4 is 10.6 Å². The first kappa shape index (κ1) is 21.5. The predicted octanol–water partition coefficient (Wildman–Crippen LogP) is 3.59. The van der Waals surface area contributed by atoms with Crippen LogP contribution >= 0.6 is 0 Å². The van der Waals surface area contributed by atoms with E-state index in [1.54, 1.807) is 12.1 Å². The van der Waals surface area contributed by atoms with Crippen LogP contribution in [0.1, 0.15) is 58.4 Å². The van der Waals surface area contributed by atoms with Gasteiger partial charge in [-0.2, -0.15) is 0 Å². The minimum atomic E-state index is -1.11. The van der Waals surface area contributed by atoms with Crippen LogP contribution in [-0.2, 0) is 15.0 Å². The summed E-state index contributed by atoms with van der Waals surface area (Å²) in [5.41, 5.74) is 1.73. The summed E-state index contributed by atoms with van der Waals surface area (Å²) in [5.74, 6) is -1.98. The highest BCUT2D eigenvalue weighted by atomic mass is 16.4. The number of hydrogen-bond acceptors (Lipinski definition) is 3. The lowest BCUT2D eigenvalue weighted by Crippen LogP contribution is -2.43. The number of unbranched alkanes of at least 4 members (excludes halogenated alkanes) is 2. The third-order valence-corrected chi connectivity index (χ3v) is 4.00. The van der Waals surface area contributed by atoms with Crippen LogP contribution in [-0.4, -0.2) is 34.2 Å². The second kappa shape index (κ2) is 9.79. The summed E-state index contributed by atoms with van der Waals surface area (Å²) in [4.78, 5) is 33.7. The SMILES string of the molecule is CC(C)(C)c1ccc(NC(=O)NC(CCCCCC(=O)O)C(=O)O)cc1. The number of amides is 2. The van der Waals surface area contributed by atoms with Crippen molar-refractivity contribution in [3.8, 4) is 0 Å². The van der Waals surface area contributed by atoms with Gasteiger partial charge in [0.15, 0.2) is 0 Å². The molecule has 0 saturated carbocycles. The molecule has 0 aliphatic heterocycles. The molecule has 144 valence electrons. The fourth-order valence-electron chi connectivity index (χ4n) is 2.44. The van der Waals surface area contributed by atoms with Gasteiger partial charge in [0.05, 0.1) is 0 Å². The molecule has 0 aliphatic rings. The number of anilines is 1. The Morgan fingerprint density at radius 1 is 1.00 bits per heavy atom. The molecule has 0 bridgehead atoms. The van der Waals surface area contributed by atoms with E-state index < -0.39 is 24.0 Å². The van der Waals surface area contributed by atoms with Crippen molar-refractivity contribution in [2.24, 2.45) is 0 Å². The number of nitrogens with one attached hydrogen (secondary N) is 2. The maximum atomic E-state index is 12.0. The number of carbonyl (C=O) groups is 3. The summed E-state index contributed by atoms with van der Waals surface area (Å²) in [7, 11) is 0. The lowest BCUT2D eigenvalue weighted by Gasteiger charge is -2.19. The molecular weight excluding hydrogens is 336 g/mol. The zero-order chi connectivity index (χ0) is 19.7. The molecule has 2 amide bonds. The Morgan fingerprint density at radius 3 is 2.12 bits per heavy atom. The number of benzene rings is 1. The van der Waals surface area contributed by atoms with Crippen molar-refractivity contribution in [3.63, 3.8) is 0 Å². The second-order valence-electron chi connectivity index (χ2n) is 7.31. The summed E-state index contributed by atoms with van der Waals surface area (Å²) < 4.78 is 0. The lowest BCUT2D eigenvalue weighted by molar-refractivity contribution is -0.139. The maximum absolute atomic E-state index is 12.0. The highest BCUT2D eigenvalue weighted by molar-refractivity contribution is 5.92. The number of aliphatic carboxylic acids is 2. The van der Waals surface area contributed by atoms with Crippen LogP contribution in [0.5, 0.6) is 0 Å². The van der Waals surface area contributed by atoms with E-state index >= 15 is 0 Å². The number of urea groups is 1. The van der Waals surface area contributed by atoms with Crippen LogP contribution in [0.25, 0.3) is 0 Å². The van der Waals surface area contributed by atoms with Gasteiger partial charge < -0.3 is 20.8 Å². The molecule has 0 heterocycles. The van der Waals surface area contributed by atoms with E-state index in [2.05, 4.69) is 31.4 Å². The first-order chi connectivity index (χ1) is 12.1. The van der Waals surface area contributed by atoms with Crippen molar-refractivity contribution in [1.29, 1.82) is 0 Å². The van der Waals surface area contributed by atoms with Crippen molar-refractivity contribution in [2.75, 3.05) is 5.32 Å². The van der Waals surface area contributed by atoms with Gasteiger partial charge >= 0.3 is 18.0 Å². The molecule has 1 rings (SSSR count). The van der Waals surface area contributed by atoms with Gasteiger partial charge in [-0.1, -0.05) is 45.7 Å². The minimum absolute atomic E-state index is 0.00975. The van der Waals surface area contributed by atoms with Crippen molar-refractivity contribution in [1.82, 2.24) is 5.32 Å². The number of carbonyl (C=O) groups excluding carboxylic acids is 1. The van der Waals surface area contributed by atoms with E-state index in [1.165, 1.54) is 0 Å². The molecule has 1 unspecified atom stereocenters. The minimum Gasteiger partial charge on any atom is -0.481 e. The quantitative estimate of drug-likeness (QED) is 0.500. The molecule has 0 aliphatic carbocycles. The molecule has 26 heavy (non-hydrogen) atoms. The van der Waals surface area contributed by atoms with Crippen molar-refractivity contribution in [3.05, 3.63) is 29.8 Å². The Kier molecular flexibility index (Phi) is 8.09. The van der Waals surface area contributed by atoms with E-state index in [1.807, 2.05) is 12.1 Å². The first-order valence-corrected chi connectivity index (χ1v) is 8.72. The lowest BCUT2D eigenvalue weighted by atomic mass is 9.87. The molecule has 0 saturated heterocycles. The molecule has 7 nitrogen and oxygen atoms in total. The van der Waals surface area contributed by atoms with Gasteiger partial charge in [-0.3, -0.25) is 4.79 Å². The van der Waals surface area contributed by atoms with E-state index in [0.717, 1.165) is 5.56 Å². The van der Waals surface area contributed by atoms with E-state index in [-0.39, 0.29) is 18.3 Å². The fourth-order valence-corrected chi connectivity index (χ4v) is 2.44. The van der Waals surface area contributed by atoms with E-state index in [0.29, 0.717) is 24.9 Å². The van der Waals surface area contributed by atoms with Crippen LogP contribution in [0.2, 0.25) is 0 Å². The second-order valence-corrected chi connectivity index (χ2v) is 7.31. The standard InChI is InChI=1S/C19H28N2O5/c1-19(2,3)13-9-11-14(12-10-13)20-18(26)21-15(17(24)25)7-5-4-6-8-16(22)23/h9-12,15H,4-8H2,1-3H3,(H,22,23)(H,24,25)(H2,20,21,26). The Bertz CT molecular complexity index is 620. The number of hydrogen-bond donors (Lipinski definition) is 4. The van der Waals surface area contributed by atoms with Crippen LogP contribution in [0.15, 0.2) is 24.3 Å². The van der Waals surface area contributed by atoms with E-state index in [9.17, 15) is 19.5 Å². The summed E-state index contributed by atoms with van der Waals surface area (Å²) in [6, 6.07) is 5.82. The molecule has 1 atom stereocenters. The van der Waals surface area contributed by atoms with Gasteiger partial charge in [0, 0.05) is 12.1 Å². The number of carboxylic acid groups (broad SMARTS) is 2. The first-order valence-electron chi connectivity index (χ1n) is 8.72. The molecule has 0 fully saturated rings. The predicted molar refractivity (Wildman–Crippen MR) is 99.4 cm³/mol. The molecule has 0 radical (unpaired) electrons. The Hall–Kier alpha value is -2.57. The fraction of sp³-hybridized carbons (Fsp3) is 0.526. The normalized spacial score (nSPS) is 12.3. The largest absolute Gasteiger partial charge is 0.481 e. The summed E-state index contributed by atoms with van der Waals surface area (Å²) in [6.07, 6.45) is 1.95. The zero-order valence-electron chi connectivity index (χ0n) is 15.5. The molecule has 7 heteroatoms. The third kappa shape index (κ3) is 8.00. The highest BCUT2D eigenvalue weighted by Gasteiger charge is 2.19. The summed E-state index contributed by atoms with van der Waals surface area (Å²) in [5, 5.41) is 22.9. The van der Waals surface area contributed by atoms with Crippen LogP contribution in [0.3, 0.4) is 0 Å². The average Bonchev–Trinajstić information content (AvgIpc) is 2.52. The maximum Gasteiger partial charge on any atom is 0.326 e. The molecule has 0 aromatic heterocycles. The smallest absolute Gasteiger partial charge is 0.326 e. The third-order valence-electron chi connectivity index (χ3n) is 4.00. The van der Waals surface area contributed by atoms with Crippen molar-refractivity contribution >= 4 is 23.7 Å². The molecular formula is C19H28N2O5. The van der Waals surface area contributed by atoms with Gasteiger partial charge in [-0.15, -0.1) is 0 Å². The van der Waals surface area contributed by atoms with Crippen molar-refractivity contribution < 1.29 is 24.6 Å². The topological polar surface area (TPSA) is 116 Å². The van der Waals surface area contributed by atoms with Gasteiger partial charge in [0.25, 0.3) is 0 Å². The van der Waals surface area contributed by atoms with Crippen molar-refractivity contribution in [2.45, 2.75) is 64.3 Å². The van der Waals surface area contributed by atoms with Crippen LogP contribution in [0.4, 0.5) is 10.5 Å². The average molecular weight is 364 g/mol. The Labute approximate surface area is 153 Å². The molecule has 1 aromatic carbocycles. The van der Waals surface area contributed by atoms with Crippen LogP contribution in [0, 0.1) is 0 Å². The van der Waals surface area contributed by atoms with Gasteiger partial charge in [0.1, 0.15) is 6.04 Å². The van der Waals surface area contributed by atoms with Gasteiger partial charge in [0.2, 0.25) is 0 Å². The zero-order valence-corrected chi connectivity index (χ0v) is 15.5. The summed E-state index contributed by atoms with van der Waals surface area (Å²) in [6.45, 7) is 6.28. The Balaban J connectivity index is 2.49. The molecule has 1 aromatic rings. The summed E-state index contributed by atoms with van der Waals surface area (Å²) >= 11 is 0. The van der Waals surface area contributed by atoms with Gasteiger partial charge in [-0.05, 0) is 36.0 Å². The number of rotatable bonds is 9. The van der Waals surface area contributed by atoms with Gasteiger partial charge in [-0.25, -0.2) is 9.59 Å². The molecule has 0 spiro atoms. The van der Waals surface area contributed by atoms with E-state index in [4.69, 9.17) is 5.11 Å².